The zero-order chi connectivity index (χ0) is 23.5. The van der Waals surface area contributed by atoms with E-state index in [-0.39, 0.29) is 30.8 Å². The predicted molar refractivity (Wildman–Crippen MR) is 127 cm³/mol. The van der Waals surface area contributed by atoms with Gasteiger partial charge in [0, 0.05) is 13.1 Å². The van der Waals surface area contributed by atoms with E-state index in [0.717, 1.165) is 22.2 Å². The Balaban J connectivity index is 1.44. The first-order valence-electron chi connectivity index (χ1n) is 10.7. The summed E-state index contributed by atoms with van der Waals surface area (Å²) in [6.07, 6.45) is 3.44. The Bertz CT molecular complexity index is 1190. The number of nitrogens with one attached hydrogen (secondary N) is 1. The Morgan fingerprint density at radius 2 is 1.61 bits per heavy atom. The van der Waals surface area contributed by atoms with Crippen molar-refractivity contribution in [1.29, 1.82) is 0 Å². The molecule has 0 unspecified atom stereocenters. The molecule has 7 nitrogen and oxygen atoms in total. The maximum absolute atomic E-state index is 13.3. The van der Waals surface area contributed by atoms with E-state index < -0.39 is 31.6 Å². The van der Waals surface area contributed by atoms with Gasteiger partial charge in [-0.25, -0.2) is 8.42 Å². The smallest absolute Gasteiger partial charge is 0.293 e. The maximum Gasteiger partial charge on any atom is 0.293 e. The van der Waals surface area contributed by atoms with Crippen molar-refractivity contribution in [2.24, 2.45) is 0 Å². The molecule has 0 atom stereocenters. The summed E-state index contributed by atoms with van der Waals surface area (Å²) < 4.78 is 25.2. The normalized spacial score (nSPS) is 19.3. The molecule has 33 heavy (non-hydrogen) atoms. The van der Waals surface area contributed by atoms with E-state index in [2.05, 4.69) is 5.32 Å². The molecule has 1 heterocycles. The van der Waals surface area contributed by atoms with Gasteiger partial charge in [-0.15, -0.1) is 0 Å². The third kappa shape index (κ3) is 4.47. The minimum absolute atomic E-state index is 0.0124. The summed E-state index contributed by atoms with van der Waals surface area (Å²) in [6.45, 7) is -0.0362. The molecule has 2 aromatic carbocycles. The average molecular weight is 485 g/mol. The van der Waals surface area contributed by atoms with E-state index in [1.165, 1.54) is 12.1 Å². The van der Waals surface area contributed by atoms with Gasteiger partial charge in [0.1, 0.15) is 0 Å². The van der Waals surface area contributed by atoms with Crippen LogP contribution in [-0.2, 0) is 19.4 Å². The number of carbonyl (C=O) groups excluding carboxylic acids is 3. The van der Waals surface area contributed by atoms with Gasteiger partial charge in [0.2, 0.25) is 5.91 Å². The highest BCUT2D eigenvalue weighted by Gasteiger charge is 2.52. The fraction of sp³-hybridized carbons (Fsp3) is 0.292. The van der Waals surface area contributed by atoms with Crippen molar-refractivity contribution in [2.75, 3.05) is 13.1 Å². The quantitative estimate of drug-likeness (QED) is 0.603. The first-order valence-corrected chi connectivity index (χ1v) is 13.0. The number of hydrogen-bond acceptors (Lipinski definition) is 6. The highest BCUT2D eigenvalue weighted by Crippen LogP contribution is 2.40. The fourth-order valence-electron chi connectivity index (χ4n) is 4.22. The van der Waals surface area contributed by atoms with Crippen LogP contribution in [0.15, 0.2) is 70.5 Å². The number of benzene rings is 2. The van der Waals surface area contributed by atoms with Crippen molar-refractivity contribution in [2.45, 2.75) is 35.3 Å². The van der Waals surface area contributed by atoms with Gasteiger partial charge in [-0.3, -0.25) is 19.3 Å². The number of imide groups is 1. The van der Waals surface area contributed by atoms with Crippen LogP contribution in [0.4, 0.5) is 4.79 Å². The predicted octanol–water partition coefficient (Wildman–Crippen LogP) is 3.63. The van der Waals surface area contributed by atoms with E-state index in [1.54, 1.807) is 24.3 Å². The minimum atomic E-state index is -3.89. The van der Waals surface area contributed by atoms with Gasteiger partial charge in [0.05, 0.1) is 9.80 Å². The lowest BCUT2D eigenvalue weighted by Gasteiger charge is -2.28. The summed E-state index contributed by atoms with van der Waals surface area (Å²) in [4.78, 5) is 39.7. The molecule has 1 aliphatic carbocycles. The molecule has 0 radical (unpaired) electrons. The molecule has 1 saturated carbocycles. The molecule has 4 rings (SSSR count). The first kappa shape index (κ1) is 23.3. The van der Waals surface area contributed by atoms with E-state index in [0.29, 0.717) is 17.7 Å². The molecule has 9 heteroatoms. The van der Waals surface area contributed by atoms with Crippen LogP contribution < -0.4 is 5.32 Å². The highest BCUT2D eigenvalue weighted by atomic mass is 32.2. The molecule has 3 amide bonds. The van der Waals surface area contributed by atoms with Crippen LogP contribution in [-0.4, -0.2) is 48.2 Å². The van der Waals surface area contributed by atoms with Gasteiger partial charge in [-0.05, 0) is 48.4 Å². The van der Waals surface area contributed by atoms with Crippen LogP contribution in [0.2, 0.25) is 0 Å². The Morgan fingerprint density at radius 1 is 1.00 bits per heavy atom. The standard InChI is InChI=1S/C24H24N2O5S2/c27-21-20(17-18-9-3-1-4-10-18)32-23(29)26(21)16-15-25-22(28)24(13-7-8-14-24)33(30,31)19-11-5-2-6-12-19/h1-6,9-12,17H,7-8,13-16H2,(H,25,28). The number of nitrogens with zero attached hydrogens (tertiary/aromatic N) is 1. The number of hydrogen-bond donors (Lipinski definition) is 1. The van der Waals surface area contributed by atoms with Crippen molar-refractivity contribution in [1.82, 2.24) is 10.2 Å². The summed E-state index contributed by atoms with van der Waals surface area (Å²) >= 11 is 0.852. The van der Waals surface area contributed by atoms with Crippen molar-refractivity contribution >= 4 is 44.7 Å². The lowest BCUT2D eigenvalue weighted by Crippen LogP contribution is -2.52. The second-order valence-electron chi connectivity index (χ2n) is 8.02. The molecule has 172 valence electrons. The molecule has 0 aromatic heterocycles. The first-order chi connectivity index (χ1) is 15.8. The Morgan fingerprint density at radius 3 is 2.24 bits per heavy atom. The topological polar surface area (TPSA) is 101 Å². The van der Waals surface area contributed by atoms with Crippen LogP contribution in [0.1, 0.15) is 31.2 Å². The van der Waals surface area contributed by atoms with Crippen LogP contribution in [0, 0.1) is 0 Å². The van der Waals surface area contributed by atoms with Crippen LogP contribution in [0.25, 0.3) is 6.08 Å². The van der Waals surface area contributed by atoms with Crippen LogP contribution >= 0.6 is 11.8 Å². The molecule has 0 bridgehead atoms. The van der Waals surface area contributed by atoms with Crippen LogP contribution in [0.3, 0.4) is 0 Å². The average Bonchev–Trinajstić information content (AvgIpc) is 3.43. The zero-order valence-electron chi connectivity index (χ0n) is 17.9. The third-order valence-corrected chi connectivity index (χ3v) is 9.41. The third-order valence-electron chi connectivity index (χ3n) is 5.98. The molecule has 2 aliphatic rings. The lowest BCUT2D eigenvalue weighted by molar-refractivity contribution is -0.125. The van der Waals surface area contributed by atoms with Crippen LogP contribution in [0.5, 0.6) is 0 Å². The molecule has 2 fully saturated rings. The van der Waals surface area contributed by atoms with Gasteiger partial charge in [-0.1, -0.05) is 61.4 Å². The summed E-state index contributed by atoms with van der Waals surface area (Å²) in [5.41, 5.74) is 0.811. The van der Waals surface area contributed by atoms with E-state index in [1.807, 2.05) is 30.3 Å². The lowest BCUT2D eigenvalue weighted by atomic mass is 10.1. The Hall–Kier alpha value is -2.91. The number of carbonyl (C=O) groups is 3. The summed E-state index contributed by atoms with van der Waals surface area (Å²) in [7, 11) is -3.89. The van der Waals surface area contributed by atoms with E-state index in [4.69, 9.17) is 0 Å². The zero-order valence-corrected chi connectivity index (χ0v) is 19.5. The van der Waals surface area contributed by atoms with E-state index >= 15 is 0 Å². The Labute approximate surface area is 197 Å². The van der Waals surface area contributed by atoms with Crippen molar-refractivity contribution in [3.8, 4) is 0 Å². The molecular weight excluding hydrogens is 460 g/mol. The monoisotopic (exact) mass is 484 g/mol. The van der Waals surface area contributed by atoms with Gasteiger partial charge < -0.3 is 5.32 Å². The highest BCUT2D eigenvalue weighted by molar-refractivity contribution is 8.18. The molecule has 1 N–H and O–H groups in total. The number of amides is 3. The number of rotatable bonds is 7. The van der Waals surface area contributed by atoms with Crippen molar-refractivity contribution < 1.29 is 22.8 Å². The second-order valence-corrected chi connectivity index (χ2v) is 11.3. The maximum atomic E-state index is 13.3. The minimum Gasteiger partial charge on any atom is -0.353 e. The SMILES string of the molecule is O=C1SC(=Cc2ccccc2)C(=O)N1CCNC(=O)C1(S(=O)(=O)c2ccccc2)CCCC1. The summed E-state index contributed by atoms with van der Waals surface area (Å²) in [6, 6.07) is 17.2. The van der Waals surface area contributed by atoms with Crippen molar-refractivity contribution in [3.63, 3.8) is 0 Å². The van der Waals surface area contributed by atoms with Gasteiger partial charge in [-0.2, -0.15) is 0 Å². The molecule has 1 aliphatic heterocycles. The largest absolute Gasteiger partial charge is 0.353 e. The molecule has 2 aromatic rings. The summed E-state index contributed by atoms with van der Waals surface area (Å²) in [5.74, 6) is -0.994. The second kappa shape index (κ2) is 9.52. The van der Waals surface area contributed by atoms with Gasteiger partial charge in [0.15, 0.2) is 14.6 Å². The number of sulfone groups is 1. The Kier molecular flexibility index (Phi) is 6.71. The summed E-state index contributed by atoms with van der Waals surface area (Å²) in [5, 5.41) is 2.27. The van der Waals surface area contributed by atoms with E-state index in [9.17, 15) is 22.8 Å². The molecular formula is C24H24N2O5S2. The molecule has 0 spiro atoms. The van der Waals surface area contributed by atoms with Crippen molar-refractivity contribution in [3.05, 3.63) is 71.1 Å². The fourth-order valence-corrected chi connectivity index (χ4v) is 7.20. The number of thioether (sulfide) groups is 1. The molecule has 1 saturated heterocycles. The van der Waals surface area contributed by atoms with Gasteiger partial charge in [0.25, 0.3) is 11.1 Å². The van der Waals surface area contributed by atoms with Gasteiger partial charge >= 0.3 is 0 Å².